The SMILES string of the molecule is Oc1ccc2c3c1O[C@H]1c4[nH]c5cc(C6CCCCC6)ccc5c4C[C@@]4(O)[C@@H](C2)N(CC2CC2)CC[C@]314. The van der Waals surface area contributed by atoms with Crippen LogP contribution in [0.3, 0.4) is 0 Å². The summed E-state index contributed by atoms with van der Waals surface area (Å²) in [6.07, 6.45) is 11.3. The fourth-order valence-corrected chi connectivity index (χ4v) is 9.34. The van der Waals surface area contributed by atoms with Crippen molar-refractivity contribution < 1.29 is 14.9 Å². The Morgan fingerprint density at radius 1 is 1.05 bits per heavy atom. The van der Waals surface area contributed by atoms with Gasteiger partial charge in [-0.25, -0.2) is 0 Å². The second kappa shape index (κ2) is 7.12. The number of benzene rings is 2. The fourth-order valence-electron chi connectivity index (χ4n) is 9.34. The Balaban J connectivity index is 1.24. The first kappa shape index (κ1) is 21.4. The third-order valence-electron chi connectivity index (χ3n) is 11.3. The van der Waals surface area contributed by atoms with Crippen LogP contribution in [0.4, 0.5) is 0 Å². The average molecular weight is 497 g/mol. The molecule has 0 radical (unpaired) electrons. The fraction of sp³-hybridized carbons (Fsp3) is 0.562. The number of aromatic hydroxyl groups is 1. The first-order chi connectivity index (χ1) is 18.1. The quantitative estimate of drug-likeness (QED) is 0.440. The zero-order chi connectivity index (χ0) is 24.5. The standard InChI is InChI=1S/C32H36N2O3/c35-25-11-9-21-15-26-32(36)16-23-22-10-8-20(19-4-2-1-3-5-19)14-24(22)33-28(23)30-31(32,27(21)29(25)37-30)12-13-34(26)17-18-6-7-18/h8-11,14,18-19,26,30,33,35-36H,1-7,12-13,15-17H2/t26-,30+,31+,32-/m1/s1. The van der Waals surface area contributed by atoms with E-state index in [2.05, 4.69) is 34.1 Å². The number of piperidine rings is 1. The van der Waals surface area contributed by atoms with E-state index < -0.39 is 11.0 Å². The van der Waals surface area contributed by atoms with Crippen LogP contribution in [0.2, 0.25) is 0 Å². The Bertz CT molecular complexity index is 1450. The van der Waals surface area contributed by atoms with Crippen molar-refractivity contribution in [2.24, 2.45) is 5.92 Å². The molecule has 5 nitrogen and oxygen atoms in total. The number of aliphatic hydroxyl groups is 1. The van der Waals surface area contributed by atoms with Crippen LogP contribution in [-0.2, 0) is 18.3 Å². The Kier molecular flexibility index (Phi) is 4.12. The molecule has 4 aliphatic carbocycles. The van der Waals surface area contributed by atoms with Crippen molar-refractivity contribution in [2.75, 3.05) is 13.1 Å². The van der Waals surface area contributed by atoms with Crippen molar-refractivity contribution in [3.8, 4) is 11.5 Å². The predicted molar refractivity (Wildman–Crippen MR) is 142 cm³/mol. The van der Waals surface area contributed by atoms with Gasteiger partial charge >= 0.3 is 0 Å². The molecule has 1 aromatic heterocycles. The third-order valence-corrected chi connectivity index (χ3v) is 11.3. The molecule has 3 heterocycles. The third kappa shape index (κ3) is 2.63. The molecule has 1 spiro atoms. The van der Waals surface area contributed by atoms with Crippen molar-refractivity contribution in [3.63, 3.8) is 0 Å². The maximum atomic E-state index is 13.0. The van der Waals surface area contributed by atoms with Gasteiger partial charge in [-0.15, -0.1) is 0 Å². The molecule has 192 valence electrons. The number of ether oxygens (including phenoxy) is 1. The summed E-state index contributed by atoms with van der Waals surface area (Å²) in [5.74, 6) is 2.27. The number of aromatic amines is 1. The first-order valence-electron chi connectivity index (χ1n) is 14.7. The van der Waals surface area contributed by atoms with Gasteiger partial charge in [-0.2, -0.15) is 0 Å². The Morgan fingerprint density at radius 2 is 1.92 bits per heavy atom. The highest BCUT2D eigenvalue weighted by Crippen LogP contribution is 2.69. The van der Waals surface area contributed by atoms with E-state index in [0.29, 0.717) is 18.1 Å². The topological polar surface area (TPSA) is 68.7 Å². The van der Waals surface area contributed by atoms with Crippen LogP contribution < -0.4 is 4.74 Å². The number of phenols is 1. The normalized spacial score (nSPS) is 34.3. The summed E-state index contributed by atoms with van der Waals surface area (Å²) in [5.41, 5.74) is 5.89. The molecule has 3 fully saturated rings. The smallest absolute Gasteiger partial charge is 0.166 e. The number of fused-ring (bicyclic) bond motifs is 4. The molecule has 6 aliphatic rings. The van der Waals surface area contributed by atoms with E-state index in [1.54, 1.807) is 6.07 Å². The Hall–Kier alpha value is -2.50. The molecule has 2 saturated carbocycles. The van der Waals surface area contributed by atoms with Gasteiger partial charge < -0.3 is 19.9 Å². The lowest BCUT2D eigenvalue weighted by Crippen LogP contribution is -2.74. The maximum Gasteiger partial charge on any atom is 0.166 e. The summed E-state index contributed by atoms with van der Waals surface area (Å²) < 4.78 is 6.75. The molecule has 5 heteroatoms. The number of aromatic nitrogens is 1. The number of nitrogens with one attached hydrogen (secondary N) is 1. The van der Waals surface area contributed by atoms with Crippen LogP contribution in [-0.4, -0.2) is 44.8 Å². The molecule has 1 saturated heterocycles. The Labute approximate surface area is 217 Å². The highest BCUT2D eigenvalue weighted by Gasteiger charge is 2.72. The van der Waals surface area contributed by atoms with E-state index in [0.717, 1.165) is 43.1 Å². The van der Waals surface area contributed by atoms with Crippen molar-refractivity contribution in [2.45, 2.75) is 93.3 Å². The summed E-state index contributed by atoms with van der Waals surface area (Å²) in [6.45, 7) is 2.08. The van der Waals surface area contributed by atoms with Crippen LogP contribution >= 0.6 is 0 Å². The van der Waals surface area contributed by atoms with Gasteiger partial charge in [0.05, 0.1) is 16.7 Å². The number of H-pyrrole nitrogens is 1. The first-order valence-corrected chi connectivity index (χ1v) is 14.7. The lowest BCUT2D eigenvalue weighted by atomic mass is 9.49. The van der Waals surface area contributed by atoms with Gasteiger partial charge in [-0.05, 0) is 85.7 Å². The minimum atomic E-state index is -0.916. The van der Waals surface area contributed by atoms with E-state index in [-0.39, 0.29) is 17.9 Å². The minimum Gasteiger partial charge on any atom is -0.504 e. The molecule has 2 aliphatic heterocycles. The monoisotopic (exact) mass is 496 g/mol. The van der Waals surface area contributed by atoms with Gasteiger partial charge in [0.1, 0.15) is 0 Å². The van der Waals surface area contributed by atoms with Crippen LogP contribution in [0, 0.1) is 5.92 Å². The number of phenolic OH excluding ortho intramolecular Hbond substituents is 1. The summed E-state index contributed by atoms with van der Waals surface area (Å²) in [5, 5.41) is 25.1. The van der Waals surface area contributed by atoms with Gasteiger partial charge in [-0.3, -0.25) is 4.90 Å². The molecule has 2 bridgehead atoms. The molecule has 0 unspecified atom stereocenters. The highest BCUT2D eigenvalue weighted by atomic mass is 16.5. The molecular weight excluding hydrogens is 460 g/mol. The molecule has 4 atom stereocenters. The zero-order valence-electron chi connectivity index (χ0n) is 21.4. The molecular formula is C32H36N2O3. The van der Waals surface area contributed by atoms with Crippen LogP contribution in [0.25, 0.3) is 10.9 Å². The van der Waals surface area contributed by atoms with Crippen molar-refractivity contribution >= 4 is 10.9 Å². The lowest BCUT2D eigenvalue weighted by molar-refractivity contribution is -0.173. The van der Waals surface area contributed by atoms with Gasteiger partial charge in [0, 0.05) is 35.5 Å². The highest BCUT2D eigenvalue weighted by molar-refractivity contribution is 5.87. The van der Waals surface area contributed by atoms with Crippen LogP contribution in [0.1, 0.15) is 91.3 Å². The largest absolute Gasteiger partial charge is 0.504 e. The number of rotatable bonds is 3. The van der Waals surface area contributed by atoms with Gasteiger partial charge in [0.2, 0.25) is 0 Å². The second-order valence-electron chi connectivity index (χ2n) is 13.1. The molecule has 9 rings (SSSR count). The summed E-state index contributed by atoms with van der Waals surface area (Å²) in [7, 11) is 0. The van der Waals surface area contributed by atoms with Gasteiger partial charge in [0.25, 0.3) is 0 Å². The van der Waals surface area contributed by atoms with E-state index in [1.807, 2.05) is 0 Å². The predicted octanol–water partition coefficient (Wildman–Crippen LogP) is 5.62. The molecule has 3 N–H and O–H groups in total. The number of hydrogen-bond donors (Lipinski definition) is 3. The summed E-state index contributed by atoms with van der Waals surface area (Å²) >= 11 is 0. The van der Waals surface area contributed by atoms with Crippen molar-refractivity contribution in [1.82, 2.24) is 9.88 Å². The molecule has 37 heavy (non-hydrogen) atoms. The summed E-state index contributed by atoms with van der Waals surface area (Å²) in [6, 6.07) is 11.0. The molecule has 2 aromatic carbocycles. The molecule has 0 amide bonds. The van der Waals surface area contributed by atoms with Gasteiger partial charge in [0.15, 0.2) is 17.6 Å². The lowest BCUT2D eigenvalue weighted by Gasteiger charge is -2.62. The van der Waals surface area contributed by atoms with Crippen molar-refractivity contribution in [3.05, 3.63) is 58.3 Å². The average Bonchev–Trinajstić information content (AvgIpc) is 3.55. The summed E-state index contributed by atoms with van der Waals surface area (Å²) in [4.78, 5) is 6.43. The van der Waals surface area contributed by atoms with E-state index in [9.17, 15) is 10.2 Å². The van der Waals surface area contributed by atoms with Crippen molar-refractivity contribution in [1.29, 1.82) is 0 Å². The second-order valence-corrected chi connectivity index (χ2v) is 13.1. The van der Waals surface area contributed by atoms with E-state index in [1.165, 1.54) is 72.5 Å². The maximum absolute atomic E-state index is 13.0. The van der Waals surface area contributed by atoms with Crippen LogP contribution in [0.5, 0.6) is 11.5 Å². The minimum absolute atomic E-state index is 0.0792. The van der Waals surface area contributed by atoms with Crippen LogP contribution in [0.15, 0.2) is 30.3 Å². The zero-order valence-corrected chi connectivity index (χ0v) is 21.4. The number of likely N-dealkylation sites (tertiary alicyclic amines) is 1. The Morgan fingerprint density at radius 3 is 2.76 bits per heavy atom. The number of hydrogen-bond acceptors (Lipinski definition) is 4. The van der Waals surface area contributed by atoms with E-state index >= 15 is 0 Å². The number of nitrogens with zero attached hydrogens (tertiary/aromatic N) is 1. The molecule has 3 aromatic rings. The van der Waals surface area contributed by atoms with Gasteiger partial charge in [-0.1, -0.05) is 37.5 Å². The van der Waals surface area contributed by atoms with E-state index in [4.69, 9.17) is 4.74 Å².